The maximum absolute atomic E-state index is 13.3. The fourth-order valence-electron chi connectivity index (χ4n) is 1.92. The van der Waals surface area contributed by atoms with Gasteiger partial charge in [-0.3, -0.25) is 0 Å². The van der Waals surface area contributed by atoms with Gasteiger partial charge in [0.2, 0.25) is 0 Å². The van der Waals surface area contributed by atoms with Crippen molar-refractivity contribution in [1.82, 2.24) is 0 Å². The van der Waals surface area contributed by atoms with Crippen LogP contribution in [0.15, 0.2) is 30.3 Å². The number of hydrogen-bond donors (Lipinski definition) is 2. The van der Waals surface area contributed by atoms with E-state index >= 15 is 0 Å². The van der Waals surface area contributed by atoms with E-state index in [0.29, 0.717) is 16.9 Å². The van der Waals surface area contributed by atoms with Gasteiger partial charge in [0.1, 0.15) is 11.6 Å². The second kappa shape index (κ2) is 5.18. The minimum Gasteiger partial charge on any atom is -0.496 e. The second-order valence-electron chi connectivity index (χ2n) is 4.50. The van der Waals surface area contributed by atoms with Crippen LogP contribution in [0, 0.1) is 19.7 Å². The average molecular weight is 260 g/mol. The van der Waals surface area contributed by atoms with Crippen LogP contribution in [0.1, 0.15) is 11.1 Å². The highest BCUT2D eigenvalue weighted by Gasteiger charge is 2.06. The number of benzene rings is 2. The molecule has 0 bridgehead atoms. The van der Waals surface area contributed by atoms with Crippen molar-refractivity contribution < 1.29 is 9.13 Å². The summed E-state index contributed by atoms with van der Waals surface area (Å²) < 4.78 is 18.5. The van der Waals surface area contributed by atoms with Gasteiger partial charge < -0.3 is 15.8 Å². The van der Waals surface area contributed by atoms with Crippen molar-refractivity contribution in [2.75, 3.05) is 18.2 Å². The molecule has 0 radical (unpaired) electrons. The molecule has 0 aromatic heterocycles. The van der Waals surface area contributed by atoms with Crippen LogP contribution < -0.4 is 15.8 Å². The van der Waals surface area contributed by atoms with Crippen molar-refractivity contribution in [3.63, 3.8) is 0 Å². The van der Waals surface area contributed by atoms with E-state index < -0.39 is 0 Å². The van der Waals surface area contributed by atoms with Gasteiger partial charge in [-0.1, -0.05) is 0 Å². The van der Waals surface area contributed by atoms with Crippen LogP contribution in [0.5, 0.6) is 5.75 Å². The first-order valence-electron chi connectivity index (χ1n) is 5.98. The molecule has 0 atom stereocenters. The molecule has 0 aliphatic rings. The van der Waals surface area contributed by atoms with Crippen LogP contribution in [-0.4, -0.2) is 7.11 Å². The van der Waals surface area contributed by atoms with Crippen molar-refractivity contribution in [3.05, 3.63) is 47.3 Å². The summed E-state index contributed by atoms with van der Waals surface area (Å²) in [5, 5.41) is 3.19. The van der Waals surface area contributed by atoms with Gasteiger partial charge in [0, 0.05) is 5.69 Å². The standard InChI is InChI=1S/C15H17FN2O/c1-9-7-14(13(17)8-12(9)16)18-11-4-5-15(19-3)10(2)6-11/h4-8,18H,17H2,1-3H3. The molecule has 0 fully saturated rings. The molecular weight excluding hydrogens is 243 g/mol. The Kier molecular flexibility index (Phi) is 3.60. The summed E-state index contributed by atoms with van der Waals surface area (Å²) in [6.45, 7) is 3.67. The van der Waals surface area contributed by atoms with Gasteiger partial charge in [-0.2, -0.15) is 0 Å². The van der Waals surface area contributed by atoms with Crippen molar-refractivity contribution in [1.29, 1.82) is 0 Å². The fraction of sp³-hybridized carbons (Fsp3) is 0.200. The zero-order valence-corrected chi connectivity index (χ0v) is 11.3. The summed E-state index contributed by atoms with van der Waals surface area (Å²) in [7, 11) is 1.64. The number of hydrogen-bond acceptors (Lipinski definition) is 3. The summed E-state index contributed by atoms with van der Waals surface area (Å²) in [4.78, 5) is 0. The minimum absolute atomic E-state index is 0.297. The number of nitrogen functional groups attached to an aromatic ring is 1. The molecule has 3 N–H and O–H groups in total. The van der Waals surface area contributed by atoms with Crippen LogP contribution in [0.2, 0.25) is 0 Å². The number of aryl methyl sites for hydroxylation is 2. The maximum atomic E-state index is 13.3. The Balaban J connectivity index is 2.31. The summed E-state index contributed by atoms with van der Waals surface area (Å²) in [6, 6.07) is 8.75. The van der Waals surface area contributed by atoms with E-state index in [-0.39, 0.29) is 5.82 Å². The van der Waals surface area contributed by atoms with Gasteiger partial charge in [0.05, 0.1) is 18.5 Å². The number of halogens is 1. The second-order valence-corrected chi connectivity index (χ2v) is 4.50. The Morgan fingerprint density at radius 1 is 1.11 bits per heavy atom. The zero-order chi connectivity index (χ0) is 14.0. The Morgan fingerprint density at radius 2 is 1.84 bits per heavy atom. The Hall–Kier alpha value is -2.23. The van der Waals surface area contributed by atoms with Crippen LogP contribution in [0.4, 0.5) is 21.5 Å². The number of nitrogens with one attached hydrogen (secondary N) is 1. The third-order valence-electron chi connectivity index (χ3n) is 3.00. The molecule has 0 amide bonds. The smallest absolute Gasteiger partial charge is 0.128 e. The number of methoxy groups -OCH3 is 1. The lowest BCUT2D eigenvalue weighted by atomic mass is 10.1. The fourth-order valence-corrected chi connectivity index (χ4v) is 1.92. The molecule has 0 spiro atoms. The molecular formula is C15H17FN2O. The monoisotopic (exact) mass is 260 g/mol. The Labute approximate surface area is 112 Å². The molecule has 0 unspecified atom stereocenters. The van der Waals surface area contributed by atoms with Crippen LogP contribution in [-0.2, 0) is 0 Å². The third-order valence-corrected chi connectivity index (χ3v) is 3.00. The van der Waals surface area contributed by atoms with Gasteiger partial charge in [0.15, 0.2) is 0 Å². The highest BCUT2D eigenvalue weighted by atomic mass is 19.1. The van der Waals surface area contributed by atoms with Gasteiger partial charge in [0.25, 0.3) is 0 Å². The van der Waals surface area contributed by atoms with E-state index in [1.807, 2.05) is 25.1 Å². The van der Waals surface area contributed by atoms with E-state index in [1.165, 1.54) is 6.07 Å². The van der Waals surface area contributed by atoms with Gasteiger partial charge in [-0.15, -0.1) is 0 Å². The van der Waals surface area contributed by atoms with E-state index in [9.17, 15) is 4.39 Å². The third kappa shape index (κ3) is 2.78. The number of anilines is 3. The summed E-state index contributed by atoms with van der Waals surface area (Å²) in [5.41, 5.74) is 9.35. The van der Waals surface area contributed by atoms with E-state index in [0.717, 1.165) is 17.0 Å². The van der Waals surface area contributed by atoms with Crippen LogP contribution in [0.3, 0.4) is 0 Å². The summed E-state index contributed by atoms with van der Waals surface area (Å²) in [5.74, 6) is 0.530. The first-order chi connectivity index (χ1) is 9.01. The van der Waals surface area contributed by atoms with Crippen LogP contribution in [0.25, 0.3) is 0 Å². The van der Waals surface area contributed by atoms with Crippen molar-refractivity contribution in [2.24, 2.45) is 0 Å². The van der Waals surface area contributed by atoms with Gasteiger partial charge >= 0.3 is 0 Å². The molecule has 2 rings (SSSR count). The van der Waals surface area contributed by atoms with Crippen molar-refractivity contribution in [2.45, 2.75) is 13.8 Å². The molecule has 0 saturated carbocycles. The normalized spacial score (nSPS) is 10.3. The predicted molar refractivity (Wildman–Crippen MR) is 76.6 cm³/mol. The molecule has 19 heavy (non-hydrogen) atoms. The average Bonchev–Trinajstić information content (AvgIpc) is 2.36. The largest absolute Gasteiger partial charge is 0.496 e. The SMILES string of the molecule is COc1ccc(Nc2cc(C)c(F)cc2N)cc1C. The predicted octanol–water partition coefficient (Wildman–Crippen LogP) is 3.78. The van der Waals surface area contributed by atoms with Gasteiger partial charge in [-0.05, 0) is 55.3 Å². The van der Waals surface area contributed by atoms with E-state index in [1.54, 1.807) is 20.1 Å². The lowest BCUT2D eigenvalue weighted by Crippen LogP contribution is -1.99. The molecule has 2 aromatic carbocycles. The van der Waals surface area contributed by atoms with Crippen molar-refractivity contribution >= 4 is 17.1 Å². The molecule has 100 valence electrons. The molecule has 0 heterocycles. The molecule has 0 aliphatic carbocycles. The lowest BCUT2D eigenvalue weighted by molar-refractivity contribution is 0.412. The maximum Gasteiger partial charge on any atom is 0.128 e. The molecule has 0 aliphatic heterocycles. The lowest BCUT2D eigenvalue weighted by Gasteiger charge is -2.12. The molecule has 2 aromatic rings. The zero-order valence-electron chi connectivity index (χ0n) is 11.3. The first-order valence-corrected chi connectivity index (χ1v) is 5.98. The molecule has 3 nitrogen and oxygen atoms in total. The highest BCUT2D eigenvalue weighted by molar-refractivity contribution is 5.74. The number of rotatable bonds is 3. The first kappa shape index (κ1) is 13.2. The van der Waals surface area contributed by atoms with Crippen molar-refractivity contribution in [3.8, 4) is 5.75 Å². The molecule has 4 heteroatoms. The van der Waals surface area contributed by atoms with Gasteiger partial charge in [-0.25, -0.2) is 4.39 Å². The minimum atomic E-state index is -0.297. The summed E-state index contributed by atoms with van der Waals surface area (Å²) in [6.07, 6.45) is 0. The highest BCUT2D eigenvalue weighted by Crippen LogP contribution is 2.28. The van der Waals surface area contributed by atoms with Crippen LogP contribution >= 0.6 is 0 Å². The summed E-state index contributed by atoms with van der Waals surface area (Å²) >= 11 is 0. The Morgan fingerprint density at radius 3 is 2.47 bits per heavy atom. The topological polar surface area (TPSA) is 47.3 Å². The number of nitrogens with two attached hydrogens (primary N) is 1. The number of ether oxygens (including phenoxy) is 1. The quantitative estimate of drug-likeness (QED) is 0.826. The molecule has 0 saturated heterocycles. The van der Waals surface area contributed by atoms with E-state index in [2.05, 4.69) is 5.32 Å². The Bertz CT molecular complexity index is 611. The van der Waals surface area contributed by atoms with E-state index in [4.69, 9.17) is 10.5 Å².